The fraction of sp³-hybridized carbons (Fsp3) is 0.533. The number of nitrogens with zero attached hydrogens (tertiary/aromatic N) is 1. The highest BCUT2D eigenvalue weighted by Gasteiger charge is 2.23. The van der Waals surface area contributed by atoms with Gasteiger partial charge in [-0.25, -0.2) is 4.98 Å². The van der Waals surface area contributed by atoms with Crippen LogP contribution in [0.15, 0.2) is 24.5 Å². The molecule has 0 bridgehead atoms. The van der Waals surface area contributed by atoms with Crippen LogP contribution in [0.25, 0.3) is 10.9 Å². The van der Waals surface area contributed by atoms with E-state index in [1.54, 1.807) is 0 Å². The van der Waals surface area contributed by atoms with E-state index in [1.807, 2.05) is 18.5 Å². The smallest absolute Gasteiger partial charge is 0.128 e. The Morgan fingerprint density at radius 1 is 1.39 bits per heavy atom. The van der Waals surface area contributed by atoms with Gasteiger partial charge in [-0.05, 0) is 17.9 Å². The van der Waals surface area contributed by atoms with Crippen LogP contribution >= 0.6 is 0 Å². The average molecular weight is 245 g/mol. The molecule has 18 heavy (non-hydrogen) atoms. The zero-order chi connectivity index (χ0) is 13.2. The topological polar surface area (TPSA) is 40.7 Å². The summed E-state index contributed by atoms with van der Waals surface area (Å²) in [7, 11) is 0. The third kappa shape index (κ3) is 2.84. The lowest BCUT2D eigenvalue weighted by molar-refractivity contribution is 0.323. The quantitative estimate of drug-likeness (QED) is 0.848. The van der Waals surface area contributed by atoms with Crippen LogP contribution in [0, 0.1) is 5.41 Å². The Kier molecular flexibility index (Phi) is 3.60. The molecule has 3 nitrogen and oxygen atoms in total. The minimum atomic E-state index is 0.238. The lowest BCUT2D eigenvalue weighted by Crippen LogP contribution is -2.34. The molecule has 0 aromatic carbocycles. The normalized spacial score (nSPS) is 13.8. The Labute approximate surface area is 109 Å². The van der Waals surface area contributed by atoms with Crippen molar-refractivity contribution in [3.63, 3.8) is 0 Å². The molecule has 2 rings (SSSR count). The van der Waals surface area contributed by atoms with Crippen LogP contribution in [0.2, 0.25) is 0 Å². The van der Waals surface area contributed by atoms with E-state index in [1.165, 1.54) is 6.42 Å². The zero-order valence-corrected chi connectivity index (χ0v) is 11.7. The van der Waals surface area contributed by atoms with Crippen molar-refractivity contribution in [3.05, 3.63) is 24.5 Å². The summed E-state index contributed by atoms with van der Waals surface area (Å²) in [6.45, 7) is 9.04. The van der Waals surface area contributed by atoms with Crippen molar-refractivity contribution >= 4 is 16.7 Å². The maximum absolute atomic E-state index is 4.48. The first-order valence-electron chi connectivity index (χ1n) is 6.70. The molecule has 0 radical (unpaired) electrons. The molecule has 2 heterocycles. The predicted octanol–water partition coefficient (Wildman–Crippen LogP) is 4.19. The fourth-order valence-electron chi connectivity index (χ4n) is 2.21. The highest BCUT2D eigenvalue weighted by atomic mass is 15.0. The van der Waals surface area contributed by atoms with Crippen molar-refractivity contribution in [1.82, 2.24) is 9.97 Å². The van der Waals surface area contributed by atoms with Gasteiger partial charge in [-0.2, -0.15) is 0 Å². The lowest BCUT2D eigenvalue weighted by atomic mass is 9.84. The van der Waals surface area contributed by atoms with E-state index in [9.17, 15) is 0 Å². The Balaban J connectivity index is 2.19. The van der Waals surface area contributed by atoms with Crippen molar-refractivity contribution in [3.8, 4) is 0 Å². The Morgan fingerprint density at radius 2 is 2.17 bits per heavy atom. The molecule has 2 aromatic rings. The summed E-state index contributed by atoms with van der Waals surface area (Å²) in [5.74, 6) is 0.957. The molecule has 0 fully saturated rings. The standard InChI is InChI=1S/C15H23N3/c1-5-6-13(15(2,3)4)18-14-9-12-11(10-17-14)7-8-16-12/h7-10,13,16H,5-6H2,1-4H3,(H,17,18). The number of rotatable bonds is 4. The maximum atomic E-state index is 4.48. The van der Waals surface area contributed by atoms with E-state index >= 15 is 0 Å². The van der Waals surface area contributed by atoms with Gasteiger partial charge in [0.2, 0.25) is 0 Å². The van der Waals surface area contributed by atoms with Gasteiger partial charge in [0.1, 0.15) is 5.82 Å². The first-order valence-corrected chi connectivity index (χ1v) is 6.70. The second kappa shape index (κ2) is 5.01. The van der Waals surface area contributed by atoms with Gasteiger partial charge in [0.15, 0.2) is 0 Å². The Bertz CT molecular complexity index is 508. The van der Waals surface area contributed by atoms with E-state index < -0.39 is 0 Å². The molecule has 0 aliphatic carbocycles. The fourth-order valence-corrected chi connectivity index (χ4v) is 2.21. The van der Waals surface area contributed by atoms with Crippen LogP contribution < -0.4 is 5.32 Å². The van der Waals surface area contributed by atoms with E-state index in [2.05, 4.69) is 49.0 Å². The summed E-state index contributed by atoms with van der Waals surface area (Å²) >= 11 is 0. The number of aromatic amines is 1. The maximum Gasteiger partial charge on any atom is 0.128 e. The van der Waals surface area contributed by atoms with Crippen LogP contribution in [0.4, 0.5) is 5.82 Å². The van der Waals surface area contributed by atoms with Gasteiger partial charge < -0.3 is 10.3 Å². The van der Waals surface area contributed by atoms with Gasteiger partial charge in [-0.15, -0.1) is 0 Å². The van der Waals surface area contributed by atoms with Crippen LogP contribution in [0.1, 0.15) is 40.5 Å². The highest BCUT2D eigenvalue weighted by molar-refractivity contribution is 5.80. The summed E-state index contributed by atoms with van der Waals surface area (Å²) in [6.07, 6.45) is 6.21. The van der Waals surface area contributed by atoms with Gasteiger partial charge in [-0.3, -0.25) is 0 Å². The number of H-pyrrole nitrogens is 1. The molecule has 0 amide bonds. The van der Waals surface area contributed by atoms with Crippen LogP contribution in [-0.4, -0.2) is 16.0 Å². The highest BCUT2D eigenvalue weighted by Crippen LogP contribution is 2.26. The van der Waals surface area contributed by atoms with Crippen molar-refractivity contribution in [2.45, 2.75) is 46.6 Å². The molecule has 0 spiro atoms. The number of pyridine rings is 1. The molecule has 1 unspecified atom stereocenters. The summed E-state index contributed by atoms with van der Waals surface area (Å²) in [5.41, 5.74) is 1.37. The second-order valence-corrected chi connectivity index (χ2v) is 5.99. The van der Waals surface area contributed by atoms with Gasteiger partial charge in [-0.1, -0.05) is 34.1 Å². The molecule has 98 valence electrons. The lowest BCUT2D eigenvalue weighted by Gasteiger charge is -2.31. The molecular weight excluding hydrogens is 222 g/mol. The van der Waals surface area contributed by atoms with E-state index in [0.29, 0.717) is 6.04 Å². The Hall–Kier alpha value is -1.51. The van der Waals surface area contributed by atoms with Crippen molar-refractivity contribution in [2.24, 2.45) is 5.41 Å². The molecule has 1 atom stereocenters. The third-order valence-electron chi connectivity index (χ3n) is 3.38. The molecule has 2 aromatic heterocycles. The third-order valence-corrected chi connectivity index (χ3v) is 3.38. The molecule has 0 aliphatic rings. The molecule has 0 aliphatic heterocycles. The first-order chi connectivity index (χ1) is 8.50. The van der Waals surface area contributed by atoms with Crippen molar-refractivity contribution < 1.29 is 0 Å². The molecule has 2 N–H and O–H groups in total. The van der Waals surface area contributed by atoms with Crippen LogP contribution in [0.5, 0.6) is 0 Å². The molecule has 0 saturated carbocycles. The van der Waals surface area contributed by atoms with Gasteiger partial charge in [0, 0.05) is 29.9 Å². The number of hydrogen-bond donors (Lipinski definition) is 2. The number of anilines is 1. The number of aromatic nitrogens is 2. The summed E-state index contributed by atoms with van der Waals surface area (Å²) in [4.78, 5) is 7.71. The summed E-state index contributed by atoms with van der Waals surface area (Å²) in [6, 6.07) is 4.57. The first kappa shape index (κ1) is 12.9. The molecule has 0 saturated heterocycles. The van der Waals surface area contributed by atoms with E-state index in [0.717, 1.165) is 23.1 Å². The summed E-state index contributed by atoms with van der Waals surface area (Å²) < 4.78 is 0. The largest absolute Gasteiger partial charge is 0.367 e. The van der Waals surface area contributed by atoms with E-state index in [4.69, 9.17) is 0 Å². The van der Waals surface area contributed by atoms with Crippen LogP contribution in [0.3, 0.4) is 0 Å². The van der Waals surface area contributed by atoms with Crippen molar-refractivity contribution in [1.29, 1.82) is 0 Å². The minimum Gasteiger partial charge on any atom is -0.367 e. The Morgan fingerprint density at radius 3 is 2.83 bits per heavy atom. The predicted molar refractivity (Wildman–Crippen MR) is 77.9 cm³/mol. The summed E-state index contributed by atoms with van der Waals surface area (Å²) in [5, 5.41) is 4.73. The average Bonchev–Trinajstić information content (AvgIpc) is 2.74. The number of fused-ring (bicyclic) bond motifs is 1. The van der Waals surface area contributed by atoms with Crippen molar-refractivity contribution in [2.75, 3.05) is 5.32 Å². The van der Waals surface area contributed by atoms with Gasteiger partial charge in [0.25, 0.3) is 0 Å². The monoisotopic (exact) mass is 245 g/mol. The molecule has 3 heteroatoms. The SMILES string of the molecule is CCCC(Nc1cc2[nH]ccc2cn1)C(C)(C)C. The second-order valence-electron chi connectivity index (χ2n) is 5.99. The zero-order valence-electron chi connectivity index (χ0n) is 11.7. The van der Waals surface area contributed by atoms with Crippen LogP contribution in [-0.2, 0) is 0 Å². The minimum absolute atomic E-state index is 0.238. The number of nitrogens with one attached hydrogen (secondary N) is 2. The van der Waals surface area contributed by atoms with Gasteiger partial charge >= 0.3 is 0 Å². The van der Waals surface area contributed by atoms with Gasteiger partial charge in [0.05, 0.1) is 5.52 Å². The van der Waals surface area contributed by atoms with E-state index in [-0.39, 0.29) is 5.41 Å². The molecular formula is C15H23N3. The number of hydrogen-bond acceptors (Lipinski definition) is 2.